The second-order valence-corrected chi connectivity index (χ2v) is 13.4. The van der Waals surface area contributed by atoms with Crippen LogP contribution in [0.15, 0.2) is 54.6 Å². The summed E-state index contributed by atoms with van der Waals surface area (Å²) < 4.78 is 29.4. The number of methoxy groups -OCH3 is 2. The molecule has 2 aliphatic heterocycles. The van der Waals surface area contributed by atoms with Gasteiger partial charge in [0, 0.05) is 22.6 Å². The van der Waals surface area contributed by atoms with Gasteiger partial charge in [-0.05, 0) is 103 Å². The molecular weight excluding hydrogens is 574 g/mol. The molecule has 0 unspecified atom stereocenters. The lowest BCUT2D eigenvalue weighted by Gasteiger charge is -2.34. The molecule has 2 amide bonds. The van der Waals surface area contributed by atoms with E-state index < -0.39 is 35.0 Å². The van der Waals surface area contributed by atoms with Crippen LogP contribution < -0.4 is 25.0 Å². The third kappa shape index (κ3) is 6.38. The molecule has 0 aliphatic carbocycles. The maximum absolute atomic E-state index is 12.7. The van der Waals surface area contributed by atoms with Gasteiger partial charge in [-0.25, -0.2) is 9.59 Å². The van der Waals surface area contributed by atoms with E-state index >= 15 is 0 Å². The Balaban J connectivity index is 1.63. The predicted octanol–water partition coefficient (Wildman–Crippen LogP) is 7.89. The molecule has 45 heavy (non-hydrogen) atoms. The van der Waals surface area contributed by atoms with Crippen LogP contribution in [0.4, 0.5) is 32.3 Å². The van der Waals surface area contributed by atoms with E-state index in [1.54, 1.807) is 26.4 Å². The van der Waals surface area contributed by atoms with E-state index in [1.807, 2.05) is 65.8 Å². The van der Waals surface area contributed by atoms with Crippen LogP contribution in [0.1, 0.15) is 64.7 Å². The Bertz CT molecular complexity index is 1610. The molecule has 0 radical (unpaired) electrons. The standard InChI is InChI=1S/C35H43N3O7/c1-21-10-13-26-24(18-21)35(25-19-22(11-14-28(25)41-8)36-31(39)44-33(2,3)4)16-17-43-30(35)38(26)27-20-23(12-15-29(27)42-9)37-32(40)45-34(5,6)7/h10-15,18-20,30H,16-17H2,1-9H3,(H,36,39)(H,37,40)/t30-,35-/m1/s1. The van der Waals surface area contributed by atoms with Crippen molar-refractivity contribution in [3.63, 3.8) is 0 Å². The first-order valence-corrected chi connectivity index (χ1v) is 15.0. The Morgan fingerprint density at radius 1 is 0.778 bits per heavy atom. The molecule has 0 spiro atoms. The van der Waals surface area contributed by atoms with Gasteiger partial charge in [-0.2, -0.15) is 0 Å². The number of aryl methyl sites for hydroxylation is 1. The van der Waals surface area contributed by atoms with Gasteiger partial charge in [0.25, 0.3) is 0 Å². The van der Waals surface area contributed by atoms with Gasteiger partial charge in [0.2, 0.25) is 0 Å². The number of ether oxygens (including phenoxy) is 5. The van der Waals surface area contributed by atoms with E-state index in [0.717, 1.165) is 22.4 Å². The lowest BCUT2D eigenvalue weighted by molar-refractivity contribution is 0.0624. The van der Waals surface area contributed by atoms with Gasteiger partial charge in [0.1, 0.15) is 28.9 Å². The van der Waals surface area contributed by atoms with Gasteiger partial charge in [-0.15, -0.1) is 0 Å². The summed E-state index contributed by atoms with van der Waals surface area (Å²) in [7, 11) is 3.25. The quantitative estimate of drug-likeness (QED) is 0.288. The van der Waals surface area contributed by atoms with Crippen LogP contribution in [0.2, 0.25) is 0 Å². The molecule has 2 N–H and O–H groups in total. The van der Waals surface area contributed by atoms with Crippen molar-refractivity contribution in [3.8, 4) is 11.5 Å². The van der Waals surface area contributed by atoms with Crippen LogP contribution in [-0.4, -0.2) is 50.4 Å². The van der Waals surface area contributed by atoms with Crippen molar-refractivity contribution in [2.24, 2.45) is 0 Å². The van der Waals surface area contributed by atoms with Gasteiger partial charge in [0.15, 0.2) is 0 Å². The van der Waals surface area contributed by atoms with Crippen LogP contribution in [0.25, 0.3) is 0 Å². The third-order valence-electron chi connectivity index (χ3n) is 7.73. The molecule has 10 heteroatoms. The lowest BCUT2D eigenvalue weighted by atomic mass is 9.72. The lowest BCUT2D eigenvalue weighted by Crippen LogP contribution is -2.41. The van der Waals surface area contributed by atoms with Crippen LogP contribution in [-0.2, 0) is 19.6 Å². The summed E-state index contributed by atoms with van der Waals surface area (Å²) in [4.78, 5) is 27.5. The third-order valence-corrected chi connectivity index (χ3v) is 7.73. The van der Waals surface area contributed by atoms with E-state index in [0.29, 0.717) is 41.6 Å². The summed E-state index contributed by atoms with van der Waals surface area (Å²) >= 11 is 0. The minimum atomic E-state index is -0.669. The van der Waals surface area contributed by atoms with Crippen molar-refractivity contribution < 1.29 is 33.3 Å². The molecule has 2 heterocycles. The van der Waals surface area contributed by atoms with E-state index in [1.165, 1.54) is 0 Å². The van der Waals surface area contributed by atoms with Crippen molar-refractivity contribution in [1.29, 1.82) is 0 Å². The number of carbonyl (C=O) groups excluding carboxylic acids is 2. The number of nitrogens with zero attached hydrogens (tertiary/aromatic N) is 1. The zero-order valence-electron chi connectivity index (χ0n) is 27.5. The topological polar surface area (TPSA) is 108 Å². The second kappa shape index (κ2) is 11.8. The Kier molecular flexibility index (Phi) is 8.39. The number of hydrogen-bond donors (Lipinski definition) is 2. The van der Waals surface area contributed by atoms with Gasteiger partial charge < -0.3 is 28.6 Å². The first-order valence-electron chi connectivity index (χ1n) is 15.0. The van der Waals surface area contributed by atoms with Gasteiger partial charge in [0.05, 0.1) is 31.9 Å². The maximum atomic E-state index is 12.7. The molecular formula is C35H43N3O7. The molecule has 1 saturated heterocycles. The molecule has 3 aromatic carbocycles. The number of anilines is 4. The van der Waals surface area contributed by atoms with E-state index in [2.05, 4.69) is 40.7 Å². The number of amides is 2. The monoisotopic (exact) mass is 617 g/mol. The number of hydrogen-bond acceptors (Lipinski definition) is 8. The maximum Gasteiger partial charge on any atom is 0.412 e. The highest BCUT2D eigenvalue weighted by molar-refractivity contribution is 5.89. The van der Waals surface area contributed by atoms with Gasteiger partial charge in [-0.1, -0.05) is 17.7 Å². The normalized spacial score (nSPS) is 19.0. The average Bonchev–Trinajstić information content (AvgIpc) is 3.47. The summed E-state index contributed by atoms with van der Waals surface area (Å²) in [6.45, 7) is 13.5. The Morgan fingerprint density at radius 2 is 1.36 bits per heavy atom. The van der Waals surface area contributed by atoms with Crippen molar-refractivity contribution >= 4 is 34.9 Å². The van der Waals surface area contributed by atoms with Crippen molar-refractivity contribution in [3.05, 3.63) is 71.3 Å². The largest absolute Gasteiger partial charge is 0.496 e. The van der Waals surface area contributed by atoms with E-state index in [4.69, 9.17) is 23.7 Å². The zero-order valence-corrected chi connectivity index (χ0v) is 27.5. The Labute approximate surface area is 264 Å². The van der Waals surface area contributed by atoms with E-state index in [-0.39, 0.29) is 0 Å². The summed E-state index contributed by atoms with van der Waals surface area (Å²) in [6.07, 6.45) is -0.930. The Hall–Kier alpha value is -4.44. The molecule has 0 bridgehead atoms. The van der Waals surface area contributed by atoms with Crippen LogP contribution >= 0.6 is 0 Å². The highest BCUT2D eigenvalue weighted by Crippen LogP contribution is 2.60. The number of fused-ring (bicyclic) bond motifs is 3. The Morgan fingerprint density at radius 3 is 1.93 bits per heavy atom. The number of benzene rings is 3. The summed E-state index contributed by atoms with van der Waals surface area (Å²) in [5.41, 5.74) is 3.85. The van der Waals surface area contributed by atoms with Gasteiger partial charge in [-0.3, -0.25) is 10.6 Å². The number of carbonyl (C=O) groups is 2. The van der Waals surface area contributed by atoms with Crippen molar-refractivity contribution in [1.82, 2.24) is 0 Å². The summed E-state index contributed by atoms with van der Waals surface area (Å²) in [5.74, 6) is 1.27. The summed E-state index contributed by atoms with van der Waals surface area (Å²) in [5, 5.41) is 5.74. The highest BCUT2D eigenvalue weighted by Gasteiger charge is 2.58. The van der Waals surface area contributed by atoms with Crippen molar-refractivity contribution in [2.45, 2.75) is 77.7 Å². The van der Waals surface area contributed by atoms with E-state index in [9.17, 15) is 9.59 Å². The molecule has 2 aliphatic rings. The second-order valence-electron chi connectivity index (χ2n) is 13.4. The average molecular weight is 618 g/mol. The fourth-order valence-corrected chi connectivity index (χ4v) is 6.11. The SMILES string of the molecule is COc1ccc(NC(=O)OC(C)(C)C)cc1N1c2ccc(C)cc2[C@@]2(c3cc(NC(=O)OC(C)(C)C)ccc3OC)CCO[C@@H]12. The molecule has 240 valence electrons. The fraction of sp³-hybridized carbons (Fsp3) is 0.429. The minimum Gasteiger partial charge on any atom is -0.496 e. The molecule has 0 saturated carbocycles. The molecule has 1 fully saturated rings. The fourth-order valence-electron chi connectivity index (χ4n) is 6.11. The molecule has 10 nitrogen and oxygen atoms in total. The number of nitrogens with one attached hydrogen (secondary N) is 2. The summed E-state index contributed by atoms with van der Waals surface area (Å²) in [6, 6.07) is 17.4. The minimum absolute atomic E-state index is 0.486. The van der Waals surface area contributed by atoms with Crippen LogP contribution in [0.3, 0.4) is 0 Å². The smallest absolute Gasteiger partial charge is 0.412 e. The molecule has 2 atom stereocenters. The molecule has 0 aromatic heterocycles. The predicted molar refractivity (Wildman–Crippen MR) is 174 cm³/mol. The highest BCUT2D eigenvalue weighted by atomic mass is 16.6. The van der Waals surface area contributed by atoms with Crippen molar-refractivity contribution in [2.75, 3.05) is 36.4 Å². The van der Waals surface area contributed by atoms with Gasteiger partial charge >= 0.3 is 12.2 Å². The van der Waals surface area contributed by atoms with Crippen LogP contribution in [0, 0.1) is 6.92 Å². The molecule has 3 aromatic rings. The molecule has 5 rings (SSSR count). The first kappa shape index (κ1) is 32.0. The number of rotatable bonds is 6. The first-order chi connectivity index (χ1) is 21.1. The zero-order chi connectivity index (χ0) is 32.7. The van der Waals surface area contributed by atoms with Crippen LogP contribution in [0.5, 0.6) is 11.5 Å².